The molecule has 2 aromatic heterocycles. The fraction of sp³-hybridized carbons (Fsp3) is 0.308. The lowest BCUT2D eigenvalue weighted by molar-refractivity contribution is 0.0945. The topological polar surface area (TPSA) is 159 Å². The van der Waals surface area contributed by atoms with E-state index >= 15 is 0 Å². The summed E-state index contributed by atoms with van der Waals surface area (Å²) in [7, 11) is 0. The van der Waals surface area contributed by atoms with Gasteiger partial charge in [-0.2, -0.15) is 9.78 Å². The first-order chi connectivity index (χ1) is 19.9. The molecular weight excluding hydrogens is 573 g/mol. The van der Waals surface area contributed by atoms with E-state index in [0.717, 1.165) is 31.5 Å². The molecule has 1 aliphatic rings. The highest BCUT2D eigenvalue weighted by Crippen LogP contribution is 2.27. The number of amides is 1. The van der Waals surface area contributed by atoms with Crippen molar-refractivity contribution >= 4 is 41.1 Å². The number of carbonyl (C=O) groups excluding carboxylic acids is 1. The Morgan fingerprint density at radius 1 is 1.17 bits per heavy atom. The van der Waals surface area contributed by atoms with Crippen LogP contribution < -0.4 is 20.6 Å². The van der Waals surface area contributed by atoms with Crippen molar-refractivity contribution in [3.05, 3.63) is 69.0 Å². The van der Waals surface area contributed by atoms with Crippen LogP contribution in [0, 0.1) is 0 Å². The summed E-state index contributed by atoms with van der Waals surface area (Å²) < 4.78 is 17.6. The Morgan fingerprint density at radius 3 is 2.73 bits per heavy atom. The Labute approximate surface area is 245 Å². The van der Waals surface area contributed by atoms with Crippen LogP contribution in [0.3, 0.4) is 0 Å². The van der Waals surface area contributed by atoms with Crippen LogP contribution in [0.15, 0.2) is 46.1 Å². The summed E-state index contributed by atoms with van der Waals surface area (Å²) in [6, 6.07) is 10.5. The summed E-state index contributed by atoms with van der Waals surface area (Å²) in [5.41, 5.74) is 10.4. The first-order valence-corrected chi connectivity index (χ1v) is 13.6. The first kappa shape index (κ1) is 28.3. The zero-order chi connectivity index (χ0) is 28.8. The largest absolute Gasteiger partial charge is 0.493 e. The molecule has 3 heterocycles. The Kier molecular flexibility index (Phi) is 8.97. The molecule has 13 nitrogen and oxygen atoms in total. The number of ether oxygens (including phenoxy) is 2. The average molecular weight is 600 g/mol. The minimum Gasteiger partial charge on any atom is -0.493 e. The normalized spacial score (nSPS) is 13.6. The average Bonchev–Trinajstić information content (AvgIpc) is 3.71. The van der Waals surface area contributed by atoms with E-state index in [1.165, 1.54) is 10.9 Å². The highest BCUT2D eigenvalue weighted by molar-refractivity contribution is 6.35. The van der Waals surface area contributed by atoms with Gasteiger partial charge in [0, 0.05) is 33.8 Å². The van der Waals surface area contributed by atoms with Gasteiger partial charge in [-0.3, -0.25) is 9.69 Å². The number of nitrogen functional groups attached to an aromatic ring is 1. The van der Waals surface area contributed by atoms with Crippen LogP contribution in [-0.4, -0.2) is 62.0 Å². The van der Waals surface area contributed by atoms with E-state index < -0.39 is 5.91 Å². The van der Waals surface area contributed by atoms with Crippen molar-refractivity contribution in [1.29, 1.82) is 0 Å². The molecule has 214 valence electrons. The van der Waals surface area contributed by atoms with Crippen molar-refractivity contribution < 1.29 is 18.9 Å². The van der Waals surface area contributed by atoms with Gasteiger partial charge in [0.15, 0.2) is 5.69 Å². The van der Waals surface area contributed by atoms with E-state index in [1.54, 1.807) is 30.3 Å². The Hall–Kier alpha value is -4.20. The Morgan fingerprint density at radius 2 is 2.00 bits per heavy atom. The number of hydrogen-bond donors (Lipinski definition) is 2. The van der Waals surface area contributed by atoms with E-state index in [4.69, 9.17) is 43.0 Å². The van der Waals surface area contributed by atoms with Gasteiger partial charge in [0.25, 0.3) is 5.91 Å². The summed E-state index contributed by atoms with van der Waals surface area (Å²) in [4.78, 5) is 15.5. The standard InChI is InChI=1S/C26H27Cl2N9O4/c1-2-39-22-12-19(40-15-17-5-7-18(27)11-20(17)28)8-6-16(22)13-30-32-26(38)23-21(14-36-9-3-4-10-36)31-35-37(23)25-24(29)33-41-34-25/h5-8,11-13H,2-4,9-10,14-15H2,1H3,(H2,29,33)(H,32,38)/b30-13+. The number of nitrogens with zero attached hydrogens (tertiary/aromatic N) is 7. The number of aromatic nitrogens is 5. The quantitative estimate of drug-likeness (QED) is 0.191. The van der Waals surface area contributed by atoms with Gasteiger partial charge in [-0.25, -0.2) is 10.1 Å². The maximum atomic E-state index is 13.3. The maximum Gasteiger partial charge on any atom is 0.292 e. The van der Waals surface area contributed by atoms with Gasteiger partial charge in [0.2, 0.25) is 11.6 Å². The molecule has 15 heteroatoms. The van der Waals surface area contributed by atoms with Crippen LogP contribution in [0.4, 0.5) is 5.82 Å². The Balaban J connectivity index is 1.31. The monoisotopic (exact) mass is 599 g/mol. The molecule has 0 radical (unpaired) electrons. The zero-order valence-electron chi connectivity index (χ0n) is 22.1. The number of carbonyl (C=O) groups is 1. The molecule has 0 atom stereocenters. The van der Waals surface area contributed by atoms with Crippen molar-refractivity contribution in [3.63, 3.8) is 0 Å². The molecule has 1 amide bonds. The number of likely N-dealkylation sites (tertiary alicyclic amines) is 1. The van der Waals surface area contributed by atoms with E-state index in [-0.39, 0.29) is 23.9 Å². The van der Waals surface area contributed by atoms with E-state index in [1.807, 2.05) is 13.0 Å². The number of halogens is 2. The lowest BCUT2D eigenvalue weighted by Gasteiger charge is -2.13. The molecule has 4 aromatic rings. The van der Waals surface area contributed by atoms with Crippen LogP contribution >= 0.6 is 23.2 Å². The molecule has 2 aromatic carbocycles. The van der Waals surface area contributed by atoms with Gasteiger partial charge in [-0.1, -0.05) is 34.5 Å². The molecule has 0 saturated carbocycles. The number of anilines is 1. The second-order valence-corrected chi connectivity index (χ2v) is 9.95. The molecule has 1 aliphatic heterocycles. The maximum absolute atomic E-state index is 13.3. The molecule has 0 aliphatic carbocycles. The molecule has 1 saturated heterocycles. The van der Waals surface area contributed by atoms with Gasteiger partial charge in [-0.15, -0.1) is 5.10 Å². The number of hydrogen-bond acceptors (Lipinski definition) is 11. The molecule has 0 bridgehead atoms. The lowest BCUT2D eigenvalue weighted by Crippen LogP contribution is -2.26. The second kappa shape index (κ2) is 13.0. The fourth-order valence-electron chi connectivity index (χ4n) is 4.29. The van der Waals surface area contributed by atoms with Crippen LogP contribution in [0.1, 0.15) is 47.1 Å². The minimum atomic E-state index is -0.555. The predicted octanol–water partition coefficient (Wildman–Crippen LogP) is 3.88. The number of nitrogens with two attached hydrogens (primary N) is 1. The molecule has 0 unspecified atom stereocenters. The summed E-state index contributed by atoms with van der Waals surface area (Å²) >= 11 is 12.2. The Bertz CT molecular complexity index is 1550. The third kappa shape index (κ3) is 6.76. The van der Waals surface area contributed by atoms with E-state index in [2.05, 4.69) is 36.1 Å². The number of hydrazone groups is 1. The third-order valence-corrected chi connectivity index (χ3v) is 6.87. The predicted molar refractivity (Wildman–Crippen MR) is 152 cm³/mol. The number of nitrogens with one attached hydrogen (secondary N) is 1. The molecule has 3 N–H and O–H groups in total. The van der Waals surface area contributed by atoms with E-state index in [9.17, 15) is 4.79 Å². The van der Waals surface area contributed by atoms with Crippen LogP contribution in [0.5, 0.6) is 11.5 Å². The summed E-state index contributed by atoms with van der Waals surface area (Å²) in [5.74, 6) is 0.574. The summed E-state index contributed by atoms with van der Waals surface area (Å²) in [5, 5.41) is 20.8. The molecule has 1 fully saturated rings. The third-order valence-electron chi connectivity index (χ3n) is 6.29. The van der Waals surface area contributed by atoms with Gasteiger partial charge in [0.1, 0.15) is 23.8 Å². The van der Waals surface area contributed by atoms with E-state index in [0.29, 0.717) is 46.0 Å². The van der Waals surface area contributed by atoms with Gasteiger partial charge < -0.3 is 15.2 Å². The first-order valence-electron chi connectivity index (χ1n) is 12.8. The van der Waals surface area contributed by atoms with Crippen molar-refractivity contribution in [2.45, 2.75) is 32.9 Å². The molecular formula is C26H27Cl2N9O4. The van der Waals surface area contributed by atoms with Crippen LogP contribution in [-0.2, 0) is 13.2 Å². The fourth-order valence-corrected chi connectivity index (χ4v) is 4.75. The second-order valence-electron chi connectivity index (χ2n) is 9.11. The molecule has 5 rings (SSSR count). The SMILES string of the molecule is CCOc1cc(OCc2ccc(Cl)cc2Cl)ccc1/C=N/NC(=O)c1c(CN2CCCC2)nnn1-c1nonc1N. The number of benzene rings is 2. The highest BCUT2D eigenvalue weighted by atomic mass is 35.5. The summed E-state index contributed by atoms with van der Waals surface area (Å²) in [6.07, 6.45) is 3.64. The van der Waals surface area contributed by atoms with Gasteiger partial charge in [0.05, 0.1) is 12.8 Å². The smallest absolute Gasteiger partial charge is 0.292 e. The van der Waals surface area contributed by atoms with Gasteiger partial charge >= 0.3 is 0 Å². The number of rotatable bonds is 11. The van der Waals surface area contributed by atoms with Crippen molar-refractivity contribution in [1.82, 2.24) is 35.6 Å². The molecule has 41 heavy (non-hydrogen) atoms. The van der Waals surface area contributed by atoms with Crippen molar-refractivity contribution in [2.75, 3.05) is 25.4 Å². The zero-order valence-corrected chi connectivity index (χ0v) is 23.6. The molecule has 0 spiro atoms. The van der Waals surface area contributed by atoms with Gasteiger partial charge in [-0.05, 0) is 67.4 Å². The summed E-state index contributed by atoms with van der Waals surface area (Å²) in [6.45, 7) is 4.79. The lowest BCUT2D eigenvalue weighted by atomic mass is 10.2. The minimum absolute atomic E-state index is 0.0258. The van der Waals surface area contributed by atoms with Crippen molar-refractivity contribution in [2.24, 2.45) is 5.10 Å². The van der Waals surface area contributed by atoms with Crippen LogP contribution in [0.25, 0.3) is 5.82 Å². The highest BCUT2D eigenvalue weighted by Gasteiger charge is 2.27. The van der Waals surface area contributed by atoms with Crippen molar-refractivity contribution in [3.8, 4) is 17.3 Å². The van der Waals surface area contributed by atoms with Crippen LogP contribution in [0.2, 0.25) is 10.0 Å².